The summed E-state index contributed by atoms with van der Waals surface area (Å²) >= 11 is 1.59. The molecule has 0 bridgehead atoms. The number of hydrogen-bond acceptors (Lipinski definition) is 5. The molecule has 29 heavy (non-hydrogen) atoms. The van der Waals surface area contributed by atoms with Crippen molar-refractivity contribution in [3.05, 3.63) is 39.8 Å². The van der Waals surface area contributed by atoms with Gasteiger partial charge in [0, 0.05) is 36.3 Å². The second-order valence-electron chi connectivity index (χ2n) is 8.79. The molecule has 5 nitrogen and oxygen atoms in total. The van der Waals surface area contributed by atoms with E-state index in [1.807, 2.05) is 18.2 Å². The summed E-state index contributed by atoms with van der Waals surface area (Å²) in [5.41, 5.74) is 3.91. The first-order valence-corrected chi connectivity index (χ1v) is 10.8. The lowest BCUT2D eigenvalue weighted by Crippen LogP contribution is -2.23. The van der Waals surface area contributed by atoms with Gasteiger partial charge in [0.15, 0.2) is 0 Å². The molecule has 0 radical (unpaired) electrons. The van der Waals surface area contributed by atoms with Gasteiger partial charge < -0.3 is 14.7 Å². The maximum atomic E-state index is 12.3. The molecule has 1 atom stereocenters. The van der Waals surface area contributed by atoms with Crippen molar-refractivity contribution in [3.8, 4) is 16.5 Å². The number of aryl methyl sites for hydroxylation is 1. The highest BCUT2D eigenvalue weighted by Crippen LogP contribution is 2.47. The predicted molar refractivity (Wildman–Crippen MR) is 115 cm³/mol. The van der Waals surface area contributed by atoms with Crippen molar-refractivity contribution in [2.24, 2.45) is 5.41 Å². The van der Waals surface area contributed by atoms with Gasteiger partial charge in [0.05, 0.1) is 28.2 Å². The Hall–Kier alpha value is -2.36. The molecule has 2 aliphatic rings. The van der Waals surface area contributed by atoms with Crippen molar-refractivity contribution in [1.82, 2.24) is 0 Å². The minimum Gasteiger partial charge on any atom is -0.478 e. The summed E-state index contributed by atoms with van der Waals surface area (Å²) < 4.78 is 5.52. The number of nitriles is 1. The van der Waals surface area contributed by atoms with E-state index in [0.29, 0.717) is 11.1 Å². The first-order chi connectivity index (χ1) is 13.8. The molecule has 152 valence electrons. The molecule has 1 saturated heterocycles. The standard InChI is InChI=1S/C23H26N2O3S/c1-23(2)8-6-19-17(11-23)20(22(26)27)21(29-19)16-10-14(12-24)4-5-18(16)25-9-7-15(13-25)28-3/h4-5,10,15H,6-9,11,13H2,1-3H3,(H,26,27)/t15-/m1/s1. The van der Waals surface area contributed by atoms with Crippen LogP contribution >= 0.6 is 11.3 Å². The number of benzene rings is 1. The van der Waals surface area contributed by atoms with Gasteiger partial charge in [-0.1, -0.05) is 13.8 Å². The SMILES string of the molecule is CO[C@@H]1CCN(c2ccc(C#N)cc2-c2sc3c(c2C(=O)O)CC(C)(C)CC3)C1. The minimum atomic E-state index is -0.875. The van der Waals surface area contributed by atoms with Crippen LogP contribution in [0.5, 0.6) is 0 Å². The van der Waals surface area contributed by atoms with Gasteiger partial charge in [-0.05, 0) is 54.9 Å². The zero-order valence-corrected chi connectivity index (χ0v) is 17.9. The molecule has 2 heterocycles. The molecule has 6 heteroatoms. The van der Waals surface area contributed by atoms with E-state index in [2.05, 4.69) is 24.8 Å². The maximum Gasteiger partial charge on any atom is 0.337 e. The quantitative estimate of drug-likeness (QED) is 0.789. The molecule has 1 N–H and O–H groups in total. The Morgan fingerprint density at radius 3 is 2.86 bits per heavy atom. The highest BCUT2D eigenvalue weighted by molar-refractivity contribution is 7.16. The topological polar surface area (TPSA) is 73.6 Å². The fourth-order valence-corrected chi connectivity index (χ4v) is 5.87. The van der Waals surface area contributed by atoms with Crippen LogP contribution < -0.4 is 4.90 Å². The number of carboxylic acid groups (broad SMARTS) is 1. The Labute approximate surface area is 175 Å². The number of nitrogens with zero attached hydrogens (tertiary/aromatic N) is 2. The third-order valence-electron chi connectivity index (χ3n) is 6.18. The van der Waals surface area contributed by atoms with Crippen LogP contribution in [0.2, 0.25) is 0 Å². The molecular weight excluding hydrogens is 384 g/mol. The van der Waals surface area contributed by atoms with Gasteiger partial charge in [0.1, 0.15) is 0 Å². The lowest BCUT2D eigenvalue weighted by molar-refractivity contribution is 0.0696. The van der Waals surface area contributed by atoms with Crippen LogP contribution in [0.25, 0.3) is 10.4 Å². The van der Waals surface area contributed by atoms with Crippen molar-refractivity contribution >= 4 is 23.0 Å². The van der Waals surface area contributed by atoms with E-state index in [4.69, 9.17) is 4.74 Å². The van der Waals surface area contributed by atoms with Crippen LogP contribution in [0.4, 0.5) is 5.69 Å². The van der Waals surface area contributed by atoms with E-state index in [1.165, 1.54) is 4.88 Å². The van der Waals surface area contributed by atoms with Gasteiger partial charge >= 0.3 is 5.97 Å². The van der Waals surface area contributed by atoms with Crippen LogP contribution in [0.3, 0.4) is 0 Å². The Morgan fingerprint density at radius 1 is 1.41 bits per heavy atom. The summed E-state index contributed by atoms with van der Waals surface area (Å²) in [5.74, 6) is -0.875. The predicted octanol–water partition coefficient (Wildman–Crippen LogP) is 4.72. The first kappa shape index (κ1) is 19.9. The minimum absolute atomic E-state index is 0.105. The molecule has 0 saturated carbocycles. The second kappa shape index (κ2) is 7.47. The third-order valence-corrected chi connectivity index (χ3v) is 7.50. The van der Waals surface area contributed by atoms with E-state index < -0.39 is 5.97 Å². The normalized spacial score (nSPS) is 20.3. The van der Waals surface area contributed by atoms with Crippen LogP contribution in [-0.2, 0) is 17.6 Å². The summed E-state index contributed by atoms with van der Waals surface area (Å²) in [7, 11) is 1.73. The zero-order valence-electron chi connectivity index (χ0n) is 17.1. The van der Waals surface area contributed by atoms with Crippen LogP contribution in [0.15, 0.2) is 18.2 Å². The Balaban J connectivity index is 1.88. The number of aromatic carboxylic acids is 1. The highest BCUT2D eigenvalue weighted by Gasteiger charge is 2.34. The molecule has 1 aromatic carbocycles. The lowest BCUT2D eigenvalue weighted by atomic mass is 9.76. The third kappa shape index (κ3) is 3.65. The number of rotatable bonds is 4. The van der Waals surface area contributed by atoms with Gasteiger partial charge in [-0.15, -0.1) is 11.3 Å². The molecule has 1 aliphatic carbocycles. The summed E-state index contributed by atoms with van der Waals surface area (Å²) in [6.07, 6.45) is 3.87. The Kier molecular flexibility index (Phi) is 5.14. The van der Waals surface area contributed by atoms with Crippen LogP contribution in [0.1, 0.15) is 53.1 Å². The molecule has 0 unspecified atom stereocenters. The van der Waals surface area contributed by atoms with Crippen molar-refractivity contribution in [2.45, 2.75) is 45.6 Å². The first-order valence-electron chi connectivity index (χ1n) is 10.0. The highest BCUT2D eigenvalue weighted by atomic mass is 32.1. The number of ether oxygens (including phenoxy) is 1. The largest absolute Gasteiger partial charge is 0.478 e. The molecule has 1 fully saturated rings. The maximum absolute atomic E-state index is 12.3. The van der Waals surface area contributed by atoms with E-state index in [1.54, 1.807) is 18.4 Å². The van der Waals surface area contributed by atoms with Gasteiger partial charge in [-0.2, -0.15) is 5.26 Å². The number of carboxylic acids is 1. The average Bonchev–Trinajstić information content (AvgIpc) is 3.30. The fraction of sp³-hybridized carbons (Fsp3) is 0.478. The molecule has 0 spiro atoms. The summed E-state index contributed by atoms with van der Waals surface area (Å²) in [6.45, 7) is 6.04. The number of hydrogen-bond donors (Lipinski definition) is 1. The van der Waals surface area contributed by atoms with E-state index >= 15 is 0 Å². The number of methoxy groups -OCH3 is 1. The lowest BCUT2D eigenvalue weighted by Gasteiger charge is -2.29. The number of anilines is 1. The van der Waals surface area contributed by atoms with E-state index in [0.717, 1.165) is 60.5 Å². The van der Waals surface area contributed by atoms with Crippen molar-refractivity contribution in [2.75, 3.05) is 25.1 Å². The zero-order chi connectivity index (χ0) is 20.8. The molecule has 1 aromatic heterocycles. The fourth-order valence-electron chi connectivity index (χ4n) is 4.54. The van der Waals surface area contributed by atoms with Gasteiger partial charge in [-0.25, -0.2) is 4.79 Å². The molecule has 4 rings (SSSR count). The summed E-state index contributed by atoms with van der Waals surface area (Å²) in [6, 6.07) is 7.84. The molecule has 1 aliphatic heterocycles. The van der Waals surface area contributed by atoms with Gasteiger partial charge in [0.2, 0.25) is 0 Å². The number of thiophene rings is 1. The van der Waals surface area contributed by atoms with Crippen molar-refractivity contribution in [3.63, 3.8) is 0 Å². The van der Waals surface area contributed by atoms with Gasteiger partial charge in [0.25, 0.3) is 0 Å². The Bertz CT molecular complexity index is 1000. The second-order valence-corrected chi connectivity index (χ2v) is 9.90. The number of fused-ring (bicyclic) bond motifs is 1. The van der Waals surface area contributed by atoms with Crippen molar-refractivity contribution < 1.29 is 14.6 Å². The monoisotopic (exact) mass is 410 g/mol. The molecule has 0 amide bonds. The summed E-state index contributed by atoms with van der Waals surface area (Å²) in [5, 5.41) is 19.6. The van der Waals surface area contributed by atoms with Crippen LogP contribution in [0, 0.1) is 16.7 Å². The van der Waals surface area contributed by atoms with E-state index in [9.17, 15) is 15.2 Å². The van der Waals surface area contributed by atoms with E-state index in [-0.39, 0.29) is 11.5 Å². The van der Waals surface area contributed by atoms with Gasteiger partial charge in [-0.3, -0.25) is 0 Å². The molecular formula is C23H26N2O3S. The van der Waals surface area contributed by atoms with Crippen LogP contribution in [-0.4, -0.2) is 37.4 Å². The number of carbonyl (C=O) groups is 1. The molecule has 2 aromatic rings. The average molecular weight is 411 g/mol. The summed E-state index contributed by atoms with van der Waals surface area (Å²) in [4.78, 5) is 16.5. The Morgan fingerprint density at radius 2 is 2.21 bits per heavy atom. The van der Waals surface area contributed by atoms with Crippen molar-refractivity contribution in [1.29, 1.82) is 5.26 Å². The smallest absolute Gasteiger partial charge is 0.337 e.